The van der Waals surface area contributed by atoms with Crippen LogP contribution in [-0.4, -0.2) is 10.7 Å². The Hall–Kier alpha value is -1.39. The summed E-state index contributed by atoms with van der Waals surface area (Å²) in [5.41, 5.74) is 3.52. The summed E-state index contributed by atoms with van der Waals surface area (Å²) in [5.74, 6) is 0.861. The molecule has 0 amide bonds. The summed E-state index contributed by atoms with van der Waals surface area (Å²) in [7, 11) is 0. The fourth-order valence-electron chi connectivity index (χ4n) is 2.53. The molecular weight excluding hydrogens is 271 g/mol. The highest BCUT2D eigenvalue weighted by molar-refractivity contribution is 7.99. The average molecular weight is 288 g/mol. The Morgan fingerprint density at radius 3 is 3.15 bits per heavy atom. The number of hydrogen-bond donors (Lipinski definition) is 1. The van der Waals surface area contributed by atoms with Crippen LogP contribution >= 0.6 is 11.8 Å². The number of fused-ring (bicyclic) bond motifs is 1. The van der Waals surface area contributed by atoms with Gasteiger partial charge in [-0.25, -0.2) is 4.39 Å². The predicted octanol–water partition coefficient (Wildman–Crippen LogP) is 3.86. The quantitative estimate of drug-likeness (QED) is 0.928. The van der Waals surface area contributed by atoms with Gasteiger partial charge in [0.2, 0.25) is 0 Å². The topological polar surface area (TPSA) is 24.9 Å². The standard InChI is InChI=1S/C16H17FN2S/c1-11-9-18-7-5-12(11)10-19-15-6-8-20-16-13(15)3-2-4-14(16)17/h2-5,7,9,15,19H,6,8,10H2,1H3. The number of pyridine rings is 1. The van der Waals surface area contributed by atoms with Crippen LogP contribution in [0.3, 0.4) is 0 Å². The van der Waals surface area contributed by atoms with Gasteiger partial charge in [0.25, 0.3) is 0 Å². The molecule has 2 nitrogen and oxygen atoms in total. The van der Waals surface area contributed by atoms with Gasteiger partial charge in [0.1, 0.15) is 5.82 Å². The van der Waals surface area contributed by atoms with Crippen LogP contribution in [0.5, 0.6) is 0 Å². The molecule has 20 heavy (non-hydrogen) atoms. The average Bonchev–Trinajstić information content (AvgIpc) is 2.47. The third-order valence-electron chi connectivity index (χ3n) is 3.70. The number of thioether (sulfide) groups is 1. The lowest BCUT2D eigenvalue weighted by Gasteiger charge is -2.26. The van der Waals surface area contributed by atoms with Crippen molar-refractivity contribution in [3.63, 3.8) is 0 Å². The van der Waals surface area contributed by atoms with Gasteiger partial charge in [0.15, 0.2) is 0 Å². The first-order valence-corrected chi connectivity index (χ1v) is 7.78. The summed E-state index contributed by atoms with van der Waals surface area (Å²) in [6, 6.07) is 7.64. The highest BCUT2D eigenvalue weighted by atomic mass is 32.2. The molecule has 1 aromatic carbocycles. The zero-order valence-corrected chi connectivity index (χ0v) is 12.2. The molecule has 3 rings (SSSR count). The summed E-state index contributed by atoms with van der Waals surface area (Å²) >= 11 is 1.62. The van der Waals surface area contributed by atoms with E-state index in [1.54, 1.807) is 23.9 Å². The van der Waals surface area contributed by atoms with Crippen molar-refractivity contribution in [3.8, 4) is 0 Å². The van der Waals surface area contributed by atoms with Crippen LogP contribution in [0.25, 0.3) is 0 Å². The van der Waals surface area contributed by atoms with Gasteiger partial charge in [-0.1, -0.05) is 12.1 Å². The number of nitrogens with zero attached hydrogens (tertiary/aromatic N) is 1. The fraction of sp³-hybridized carbons (Fsp3) is 0.312. The van der Waals surface area contributed by atoms with E-state index in [2.05, 4.69) is 17.2 Å². The summed E-state index contributed by atoms with van der Waals surface area (Å²) in [6.45, 7) is 2.86. The maximum atomic E-state index is 13.8. The maximum absolute atomic E-state index is 13.8. The molecule has 1 aromatic heterocycles. The molecule has 1 atom stereocenters. The van der Waals surface area contributed by atoms with E-state index in [4.69, 9.17) is 0 Å². The van der Waals surface area contributed by atoms with Crippen molar-refractivity contribution >= 4 is 11.8 Å². The van der Waals surface area contributed by atoms with E-state index in [0.717, 1.165) is 29.2 Å². The molecule has 2 aromatic rings. The lowest BCUT2D eigenvalue weighted by molar-refractivity contribution is 0.496. The van der Waals surface area contributed by atoms with Crippen molar-refractivity contribution in [2.45, 2.75) is 30.8 Å². The fourth-order valence-corrected chi connectivity index (χ4v) is 3.67. The first-order chi connectivity index (χ1) is 9.75. The monoisotopic (exact) mass is 288 g/mol. The summed E-state index contributed by atoms with van der Waals surface area (Å²) in [5, 5.41) is 3.55. The molecule has 1 aliphatic rings. The summed E-state index contributed by atoms with van der Waals surface area (Å²) in [6.07, 6.45) is 4.72. The minimum Gasteiger partial charge on any atom is -0.306 e. The van der Waals surface area contributed by atoms with Crippen LogP contribution in [0.15, 0.2) is 41.6 Å². The Morgan fingerprint density at radius 1 is 1.40 bits per heavy atom. The number of nitrogens with one attached hydrogen (secondary N) is 1. The minimum absolute atomic E-state index is 0.0981. The lowest BCUT2D eigenvalue weighted by Crippen LogP contribution is -2.25. The molecule has 1 unspecified atom stereocenters. The first-order valence-electron chi connectivity index (χ1n) is 6.80. The molecule has 1 N–H and O–H groups in total. The highest BCUT2D eigenvalue weighted by Crippen LogP contribution is 2.37. The van der Waals surface area contributed by atoms with Gasteiger partial charge in [-0.05, 0) is 47.9 Å². The van der Waals surface area contributed by atoms with E-state index in [1.165, 1.54) is 11.1 Å². The molecule has 0 saturated heterocycles. The number of hydrogen-bond acceptors (Lipinski definition) is 3. The molecular formula is C16H17FN2S. The molecule has 4 heteroatoms. The normalized spacial score (nSPS) is 17.8. The van der Waals surface area contributed by atoms with Crippen LogP contribution < -0.4 is 5.32 Å². The third-order valence-corrected chi connectivity index (χ3v) is 4.86. The Kier molecular flexibility index (Phi) is 4.03. The van der Waals surface area contributed by atoms with Gasteiger partial charge in [-0.15, -0.1) is 11.8 Å². The maximum Gasteiger partial charge on any atom is 0.137 e. The third kappa shape index (κ3) is 2.72. The molecule has 0 fully saturated rings. The van der Waals surface area contributed by atoms with Crippen molar-refractivity contribution in [1.29, 1.82) is 0 Å². The van der Waals surface area contributed by atoms with Crippen molar-refractivity contribution in [1.82, 2.24) is 10.3 Å². The van der Waals surface area contributed by atoms with Gasteiger partial charge in [0.05, 0.1) is 0 Å². The second kappa shape index (κ2) is 5.94. The molecule has 1 aliphatic heterocycles. The van der Waals surface area contributed by atoms with E-state index >= 15 is 0 Å². The molecule has 0 bridgehead atoms. The SMILES string of the molecule is Cc1cnccc1CNC1CCSc2c(F)cccc21. The van der Waals surface area contributed by atoms with Gasteiger partial charge in [-0.2, -0.15) is 0 Å². The van der Waals surface area contributed by atoms with E-state index in [9.17, 15) is 4.39 Å². The number of rotatable bonds is 3. The van der Waals surface area contributed by atoms with Crippen LogP contribution in [-0.2, 0) is 6.54 Å². The lowest BCUT2D eigenvalue weighted by atomic mass is 10.0. The molecule has 0 spiro atoms. The number of halogens is 1. The van der Waals surface area contributed by atoms with Crippen molar-refractivity contribution in [2.75, 3.05) is 5.75 Å². The zero-order chi connectivity index (χ0) is 13.9. The van der Waals surface area contributed by atoms with Crippen LogP contribution in [0.4, 0.5) is 4.39 Å². The molecule has 0 aliphatic carbocycles. The van der Waals surface area contributed by atoms with Crippen molar-refractivity contribution < 1.29 is 4.39 Å². The van der Waals surface area contributed by atoms with Crippen molar-refractivity contribution in [2.24, 2.45) is 0 Å². The van der Waals surface area contributed by atoms with E-state index in [0.29, 0.717) is 0 Å². The zero-order valence-electron chi connectivity index (χ0n) is 11.4. The van der Waals surface area contributed by atoms with E-state index in [-0.39, 0.29) is 11.9 Å². The molecule has 0 radical (unpaired) electrons. The number of benzene rings is 1. The molecule has 0 saturated carbocycles. The van der Waals surface area contributed by atoms with Crippen LogP contribution in [0, 0.1) is 12.7 Å². The Labute approximate surface area is 122 Å². The van der Waals surface area contributed by atoms with Gasteiger partial charge < -0.3 is 5.32 Å². The smallest absolute Gasteiger partial charge is 0.137 e. The van der Waals surface area contributed by atoms with Gasteiger partial charge >= 0.3 is 0 Å². The van der Waals surface area contributed by atoms with Crippen LogP contribution in [0.2, 0.25) is 0 Å². The second-order valence-corrected chi connectivity index (χ2v) is 6.14. The molecule has 2 heterocycles. The highest BCUT2D eigenvalue weighted by Gasteiger charge is 2.22. The largest absolute Gasteiger partial charge is 0.306 e. The Bertz CT molecular complexity index is 615. The summed E-state index contributed by atoms with van der Waals surface area (Å²) < 4.78 is 13.8. The van der Waals surface area contributed by atoms with Crippen molar-refractivity contribution in [3.05, 3.63) is 59.2 Å². The molecule has 104 valence electrons. The minimum atomic E-state index is -0.0981. The van der Waals surface area contributed by atoms with Gasteiger partial charge in [0, 0.05) is 29.9 Å². The summed E-state index contributed by atoms with van der Waals surface area (Å²) in [4.78, 5) is 4.91. The Morgan fingerprint density at radius 2 is 2.30 bits per heavy atom. The van der Waals surface area contributed by atoms with Crippen LogP contribution in [0.1, 0.15) is 29.2 Å². The van der Waals surface area contributed by atoms with E-state index < -0.39 is 0 Å². The number of aryl methyl sites for hydroxylation is 1. The number of aromatic nitrogens is 1. The van der Waals surface area contributed by atoms with E-state index in [1.807, 2.05) is 24.5 Å². The Balaban J connectivity index is 1.77. The second-order valence-electron chi connectivity index (χ2n) is 5.03. The predicted molar refractivity (Wildman–Crippen MR) is 80.3 cm³/mol. The first kappa shape index (κ1) is 13.6. The van der Waals surface area contributed by atoms with Gasteiger partial charge in [-0.3, -0.25) is 4.98 Å².